The van der Waals surface area contributed by atoms with Crippen molar-refractivity contribution < 1.29 is 9.53 Å². The summed E-state index contributed by atoms with van der Waals surface area (Å²) in [5.74, 6) is 0.890. The number of carbonyl (C=O) groups is 1. The van der Waals surface area contributed by atoms with Gasteiger partial charge < -0.3 is 14.2 Å². The van der Waals surface area contributed by atoms with Gasteiger partial charge in [-0.15, -0.1) is 0 Å². The van der Waals surface area contributed by atoms with E-state index in [-0.39, 0.29) is 12.0 Å². The number of rotatable bonds is 6. The van der Waals surface area contributed by atoms with Crippen LogP contribution in [0.2, 0.25) is 5.02 Å². The second-order valence-corrected chi connectivity index (χ2v) is 6.50. The molecule has 0 saturated carbocycles. The maximum absolute atomic E-state index is 12.0. The number of aromatic nitrogens is 2. The number of nitrogens with zero attached hydrogens (tertiary/aromatic N) is 3. The zero-order valence-electron chi connectivity index (χ0n) is 13.8. The number of hydrogen-bond acceptors (Lipinski definition) is 3. The minimum atomic E-state index is 0.0396. The van der Waals surface area contributed by atoms with E-state index in [0.29, 0.717) is 19.6 Å². The molecule has 1 aromatic heterocycles. The second kappa shape index (κ2) is 7.81. The minimum absolute atomic E-state index is 0.0396. The molecule has 0 bridgehead atoms. The number of ether oxygens (including phenoxy) is 1. The van der Waals surface area contributed by atoms with Gasteiger partial charge in [-0.05, 0) is 24.5 Å². The highest BCUT2D eigenvalue weighted by Crippen LogP contribution is 2.18. The van der Waals surface area contributed by atoms with E-state index in [0.717, 1.165) is 35.9 Å². The molecule has 0 radical (unpaired) electrons. The molecule has 1 saturated heterocycles. The van der Waals surface area contributed by atoms with Gasteiger partial charge in [-0.3, -0.25) is 4.79 Å². The Labute approximate surface area is 147 Å². The Morgan fingerprint density at radius 2 is 2.29 bits per heavy atom. The number of halogens is 1. The third kappa shape index (κ3) is 4.16. The minimum Gasteiger partial charge on any atom is -0.376 e. The SMILES string of the molecule is CC(=O)N(Cc1nccn1Cc1ccccc1Cl)C[C@@H]1CCCO1. The van der Waals surface area contributed by atoms with Gasteiger partial charge in [0.2, 0.25) is 5.91 Å². The third-order valence-electron chi connectivity index (χ3n) is 4.33. The first-order valence-corrected chi connectivity index (χ1v) is 8.62. The van der Waals surface area contributed by atoms with E-state index in [2.05, 4.69) is 4.98 Å². The highest BCUT2D eigenvalue weighted by molar-refractivity contribution is 6.31. The van der Waals surface area contributed by atoms with Gasteiger partial charge in [-0.25, -0.2) is 4.98 Å². The third-order valence-corrected chi connectivity index (χ3v) is 4.69. The average molecular weight is 348 g/mol. The van der Waals surface area contributed by atoms with Crippen LogP contribution in [0.5, 0.6) is 0 Å². The van der Waals surface area contributed by atoms with Crippen molar-refractivity contribution in [2.45, 2.75) is 39.0 Å². The Morgan fingerprint density at radius 1 is 1.46 bits per heavy atom. The van der Waals surface area contributed by atoms with Crippen LogP contribution in [0.3, 0.4) is 0 Å². The molecule has 1 aliphatic rings. The number of carbonyl (C=O) groups excluding carboxylic acids is 1. The lowest BCUT2D eigenvalue weighted by atomic mass is 10.2. The highest BCUT2D eigenvalue weighted by atomic mass is 35.5. The lowest BCUT2D eigenvalue weighted by Gasteiger charge is -2.24. The molecule has 0 unspecified atom stereocenters. The summed E-state index contributed by atoms with van der Waals surface area (Å²) in [6.45, 7) is 4.12. The summed E-state index contributed by atoms with van der Waals surface area (Å²) in [6, 6.07) is 7.77. The van der Waals surface area contributed by atoms with Crippen LogP contribution in [0.1, 0.15) is 31.2 Å². The Morgan fingerprint density at radius 3 is 3.00 bits per heavy atom. The standard InChI is InChI=1S/C18H22ClN3O2/c1-14(23)22(12-16-6-4-10-24-16)13-18-20-8-9-21(18)11-15-5-2-3-7-17(15)19/h2-3,5,7-9,16H,4,6,10-13H2,1H3/t16-/m0/s1. The van der Waals surface area contributed by atoms with Crippen molar-refractivity contribution in [1.82, 2.24) is 14.5 Å². The van der Waals surface area contributed by atoms with E-state index in [1.807, 2.05) is 35.0 Å². The van der Waals surface area contributed by atoms with Crippen LogP contribution < -0.4 is 0 Å². The zero-order chi connectivity index (χ0) is 16.9. The van der Waals surface area contributed by atoms with E-state index in [9.17, 15) is 4.79 Å². The van der Waals surface area contributed by atoms with Crippen molar-refractivity contribution >= 4 is 17.5 Å². The number of hydrogen-bond donors (Lipinski definition) is 0. The molecule has 5 nitrogen and oxygen atoms in total. The number of imidazole rings is 1. The fourth-order valence-electron chi connectivity index (χ4n) is 2.96. The molecule has 24 heavy (non-hydrogen) atoms. The van der Waals surface area contributed by atoms with Crippen LogP contribution in [0.25, 0.3) is 0 Å². The highest BCUT2D eigenvalue weighted by Gasteiger charge is 2.22. The summed E-state index contributed by atoms with van der Waals surface area (Å²) in [5, 5.41) is 0.736. The molecule has 128 valence electrons. The maximum Gasteiger partial charge on any atom is 0.219 e. The quantitative estimate of drug-likeness (QED) is 0.806. The predicted octanol–water partition coefficient (Wildman–Crippen LogP) is 3.11. The van der Waals surface area contributed by atoms with Crippen molar-refractivity contribution in [3.8, 4) is 0 Å². The van der Waals surface area contributed by atoms with Gasteiger partial charge in [0.05, 0.1) is 19.2 Å². The molecule has 0 N–H and O–H groups in total. The second-order valence-electron chi connectivity index (χ2n) is 6.10. The van der Waals surface area contributed by atoms with Crippen molar-refractivity contribution in [1.29, 1.82) is 0 Å². The van der Waals surface area contributed by atoms with Crippen LogP contribution in [-0.4, -0.2) is 39.6 Å². The van der Waals surface area contributed by atoms with Gasteiger partial charge in [0.25, 0.3) is 0 Å². The normalized spacial score (nSPS) is 17.2. The summed E-state index contributed by atoms with van der Waals surface area (Å²) < 4.78 is 7.69. The van der Waals surface area contributed by atoms with Gasteiger partial charge in [-0.2, -0.15) is 0 Å². The van der Waals surface area contributed by atoms with Crippen LogP contribution >= 0.6 is 11.6 Å². The van der Waals surface area contributed by atoms with Crippen LogP contribution in [-0.2, 0) is 22.6 Å². The summed E-state index contributed by atoms with van der Waals surface area (Å²) in [4.78, 5) is 18.2. The summed E-state index contributed by atoms with van der Waals surface area (Å²) in [7, 11) is 0. The summed E-state index contributed by atoms with van der Waals surface area (Å²) in [6.07, 6.45) is 5.90. The molecule has 3 rings (SSSR count). The fraction of sp³-hybridized carbons (Fsp3) is 0.444. The van der Waals surface area contributed by atoms with Crippen LogP contribution in [0.15, 0.2) is 36.7 Å². The first-order valence-electron chi connectivity index (χ1n) is 8.24. The monoisotopic (exact) mass is 347 g/mol. The predicted molar refractivity (Wildman–Crippen MR) is 92.8 cm³/mol. The first-order chi connectivity index (χ1) is 11.6. The van der Waals surface area contributed by atoms with Gasteiger partial charge in [0, 0.05) is 37.5 Å². The lowest BCUT2D eigenvalue weighted by Crippen LogP contribution is -2.36. The largest absolute Gasteiger partial charge is 0.376 e. The van der Waals surface area contributed by atoms with E-state index < -0.39 is 0 Å². The van der Waals surface area contributed by atoms with E-state index in [4.69, 9.17) is 16.3 Å². The van der Waals surface area contributed by atoms with Gasteiger partial charge in [0.15, 0.2) is 0 Å². The maximum atomic E-state index is 12.0. The fourth-order valence-corrected chi connectivity index (χ4v) is 3.15. The van der Waals surface area contributed by atoms with Crippen LogP contribution in [0, 0.1) is 0 Å². The van der Waals surface area contributed by atoms with Gasteiger partial charge in [0.1, 0.15) is 5.82 Å². The molecule has 1 aromatic carbocycles. The number of amides is 1. The molecule has 0 spiro atoms. The van der Waals surface area contributed by atoms with E-state index in [1.165, 1.54) is 0 Å². The van der Waals surface area contributed by atoms with Crippen molar-refractivity contribution in [3.05, 3.63) is 53.1 Å². The van der Waals surface area contributed by atoms with Crippen LogP contribution in [0.4, 0.5) is 0 Å². The Bertz CT molecular complexity index is 695. The lowest BCUT2D eigenvalue weighted by molar-refractivity contribution is -0.131. The average Bonchev–Trinajstić information content (AvgIpc) is 3.21. The molecule has 1 fully saturated rings. The molecule has 1 aliphatic heterocycles. The Kier molecular flexibility index (Phi) is 5.53. The molecular weight excluding hydrogens is 326 g/mol. The molecule has 2 heterocycles. The molecule has 0 aliphatic carbocycles. The molecule has 1 atom stereocenters. The van der Waals surface area contributed by atoms with Gasteiger partial charge in [-0.1, -0.05) is 29.8 Å². The molecule has 6 heteroatoms. The molecule has 2 aromatic rings. The Hall–Kier alpha value is -1.85. The van der Waals surface area contributed by atoms with Crippen molar-refractivity contribution in [2.75, 3.05) is 13.2 Å². The first kappa shape index (κ1) is 17.0. The van der Waals surface area contributed by atoms with E-state index >= 15 is 0 Å². The number of benzene rings is 1. The molecule has 1 amide bonds. The zero-order valence-corrected chi connectivity index (χ0v) is 14.6. The smallest absolute Gasteiger partial charge is 0.219 e. The van der Waals surface area contributed by atoms with Crippen molar-refractivity contribution in [2.24, 2.45) is 0 Å². The topological polar surface area (TPSA) is 47.4 Å². The summed E-state index contributed by atoms with van der Waals surface area (Å²) >= 11 is 6.25. The van der Waals surface area contributed by atoms with Crippen molar-refractivity contribution in [3.63, 3.8) is 0 Å². The molecular formula is C18H22ClN3O2. The van der Waals surface area contributed by atoms with Gasteiger partial charge >= 0.3 is 0 Å². The Balaban J connectivity index is 1.71. The van der Waals surface area contributed by atoms with E-state index in [1.54, 1.807) is 18.0 Å². The summed E-state index contributed by atoms with van der Waals surface area (Å²) in [5.41, 5.74) is 1.03.